The van der Waals surface area contributed by atoms with Crippen molar-refractivity contribution < 1.29 is 23.4 Å². The zero-order chi connectivity index (χ0) is 33.9. The Morgan fingerprint density at radius 1 is 0.694 bits per heavy atom. The van der Waals surface area contributed by atoms with Crippen LogP contribution in [0.5, 0.6) is 23.0 Å². The zero-order valence-electron chi connectivity index (χ0n) is 26.0. The fraction of sp³-hybridized carbons (Fsp3) is 0.114. The smallest absolute Gasteiger partial charge is 0.197 e. The molecule has 14 heteroatoms. The summed E-state index contributed by atoms with van der Waals surface area (Å²) in [4.78, 5) is 13.3. The van der Waals surface area contributed by atoms with Crippen molar-refractivity contribution in [1.82, 2.24) is 30.0 Å². The molecule has 0 aliphatic carbocycles. The number of benzene rings is 4. The molecule has 0 spiro atoms. The van der Waals surface area contributed by atoms with Crippen molar-refractivity contribution in [3.63, 3.8) is 0 Å². The number of fused-ring (bicyclic) bond motifs is 1. The van der Waals surface area contributed by atoms with Crippen LogP contribution < -0.4 is 24.4 Å². The first kappa shape index (κ1) is 31.7. The standard InChI is InChI=1S/C35H26Cl2N6O6/c1-45-24-14-33(46-2)35-29(44)16-31(49-34(35)15-24)21-11-12-30(47-19-22-17-42(40-38-22)27-9-5-3-7-25(27)36)32(13-21)48-20-23-18-43(41-39-23)28-10-6-4-8-26(28)37/h3-18H,19-20H2,1-2H3. The van der Waals surface area contributed by atoms with E-state index in [1.165, 1.54) is 20.3 Å². The van der Waals surface area contributed by atoms with E-state index in [9.17, 15) is 4.79 Å². The molecule has 0 amide bonds. The van der Waals surface area contributed by atoms with Gasteiger partial charge in [0.1, 0.15) is 52.8 Å². The molecule has 246 valence electrons. The van der Waals surface area contributed by atoms with Crippen LogP contribution in [0.1, 0.15) is 11.4 Å². The quantitative estimate of drug-likeness (QED) is 0.138. The van der Waals surface area contributed by atoms with Gasteiger partial charge >= 0.3 is 0 Å². The first-order valence-electron chi connectivity index (χ1n) is 14.8. The molecule has 7 aromatic rings. The average Bonchev–Trinajstić information content (AvgIpc) is 3.80. The molecule has 0 bridgehead atoms. The molecule has 0 unspecified atom stereocenters. The lowest BCUT2D eigenvalue weighted by molar-refractivity contribution is 0.252. The van der Waals surface area contributed by atoms with Gasteiger partial charge in [-0.3, -0.25) is 4.79 Å². The molecular weight excluding hydrogens is 671 g/mol. The maximum absolute atomic E-state index is 13.3. The summed E-state index contributed by atoms with van der Waals surface area (Å²) in [5, 5.41) is 18.2. The second-order valence-corrected chi connectivity index (χ2v) is 11.4. The number of para-hydroxylation sites is 2. The largest absolute Gasteiger partial charge is 0.496 e. The van der Waals surface area contributed by atoms with Crippen molar-refractivity contribution in [3.05, 3.63) is 129 Å². The Hall–Kier alpha value is -5.85. The fourth-order valence-corrected chi connectivity index (χ4v) is 5.53. The Kier molecular flexibility index (Phi) is 8.88. The molecule has 49 heavy (non-hydrogen) atoms. The predicted octanol–water partition coefficient (Wildman–Crippen LogP) is 7.10. The van der Waals surface area contributed by atoms with Crippen LogP contribution in [0.25, 0.3) is 33.7 Å². The monoisotopic (exact) mass is 696 g/mol. The predicted molar refractivity (Wildman–Crippen MR) is 182 cm³/mol. The number of aromatic nitrogens is 6. The van der Waals surface area contributed by atoms with Gasteiger partial charge in [-0.25, -0.2) is 9.36 Å². The number of halogens is 2. The number of hydrogen-bond acceptors (Lipinski definition) is 10. The lowest BCUT2D eigenvalue weighted by atomic mass is 10.1. The second-order valence-electron chi connectivity index (χ2n) is 10.6. The van der Waals surface area contributed by atoms with Gasteiger partial charge < -0.3 is 23.4 Å². The lowest BCUT2D eigenvalue weighted by Crippen LogP contribution is -2.04. The van der Waals surface area contributed by atoms with Gasteiger partial charge in [0.05, 0.1) is 48.0 Å². The fourth-order valence-electron chi connectivity index (χ4n) is 5.09. The van der Waals surface area contributed by atoms with Gasteiger partial charge in [0.15, 0.2) is 16.9 Å². The van der Waals surface area contributed by atoms with E-state index in [1.807, 2.05) is 36.4 Å². The van der Waals surface area contributed by atoms with E-state index >= 15 is 0 Å². The molecule has 0 radical (unpaired) electrons. The molecule has 0 saturated heterocycles. The molecule has 3 aromatic heterocycles. The van der Waals surface area contributed by atoms with Crippen LogP contribution in [0.4, 0.5) is 0 Å². The van der Waals surface area contributed by atoms with Gasteiger partial charge in [0.25, 0.3) is 0 Å². The molecule has 0 fully saturated rings. The van der Waals surface area contributed by atoms with Gasteiger partial charge in [0, 0.05) is 23.8 Å². The number of nitrogens with zero attached hydrogens (tertiary/aromatic N) is 6. The minimum Gasteiger partial charge on any atom is -0.496 e. The minimum atomic E-state index is -0.281. The summed E-state index contributed by atoms with van der Waals surface area (Å²) in [6, 6.07) is 24.5. The third kappa shape index (κ3) is 6.64. The molecular formula is C35H26Cl2N6O6. The Labute approximate surface area is 288 Å². The summed E-state index contributed by atoms with van der Waals surface area (Å²) in [6.45, 7) is 0.122. The molecule has 3 heterocycles. The summed E-state index contributed by atoms with van der Waals surface area (Å²) in [5.41, 5.74) is 3.05. The first-order valence-corrected chi connectivity index (χ1v) is 15.6. The lowest BCUT2D eigenvalue weighted by Gasteiger charge is -2.14. The van der Waals surface area contributed by atoms with Crippen LogP contribution in [0.3, 0.4) is 0 Å². The first-order chi connectivity index (χ1) is 23.9. The highest BCUT2D eigenvalue weighted by Crippen LogP contribution is 2.36. The van der Waals surface area contributed by atoms with Gasteiger partial charge in [-0.1, -0.05) is 57.9 Å². The van der Waals surface area contributed by atoms with E-state index in [-0.39, 0.29) is 18.6 Å². The summed E-state index contributed by atoms with van der Waals surface area (Å²) in [5.74, 6) is 1.89. The van der Waals surface area contributed by atoms with Crippen LogP contribution in [-0.4, -0.2) is 44.2 Å². The van der Waals surface area contributed by atoms with Crippen molar-refractivity contribution >= 4 is 34.2 Å². The molecule has 7 rings (SSSR count). The molecule has 4 aromatic carbocycles. The van der Waals surface area contributed by atoms with Crippen molar-refractivity contribution in [2.24, 2.45) is 0 Å². The van der Waals surface area contributed by atoms with Gasteiger partial charge in [-0.2, -0.15) is 0 Å². The Bertz CT molecular complexity index is 2350. The van der Waals surface area contributed by atoms with E-state index in [4.69, 9.17) is 46.6 Å². The van der Waals surface area contributed by atoms with E-state index < -0.39 is 0 Å². The van der Waals surface area contributed by atoms with Crippen molar-refractivity contribution in [3.8, 4) is 45.7 Å². The number of ether oxygens (including phenoxy) is 4. The summed E-state index contributed by atoms with van der Waals surface area (Å²) >= 11 is 12.7. The van der Waals surface area contributed by atoms with E-state index in [2.05, 4.69) is 20.6 Å². The number of methoxy groups -OCH3 is 2. The molecule has 0 atom stereocenters. The van der Waals surface area contributed by atoms with Crippen molar-refractivity contribution in [1.29, 1.82) is 0 Å². The third-order valence-corrected chi connectivity index (χ3v) is 8.12. The van der Waals surface area contributed by atoms with Crippen molar-refractivity contribution in [2.45, 2.75) is 13.2 Å². The van der Waals surface area contributed by atoms with Gasteiger partial charge in [0.2, 0.25) is 0 Å². The SMILES string of the molecule is COc1cc(OC)c2c(=O)cc(-c3ccc(OCc4cn(-c5ccccc5Cl)nn4)c(OCc4cn(-c5ccccc5Cl)nn4)c3)oc2c1. The summed E-state index contributed by atoms with van der Waals surface area (Å²) in [7, 11) is 3.00. The second kappa shape index (κ2) is 13.7. The molecule has 0 aliphatic rings. The molecule has 0 aliphatic heterocycles. The van der Waals surface area contributed by atoms with Gasteiger partial charge in [-0.05, 0) is 42.5 Å². The highest BCUT2D eigenvalue weighted by molar-refractivity contribution is 6.32. The zero-order valence-corrected chi connectivity index (χ0v) is 27.6. The molecule has 0 N–H and O–H groups in total. The van der Waals surface area contributed by atoms with Crippen LogP contribution in [0, 0.1) is 0 Å². The highest BCUT2D eigenvalue weighted by Gasteiger charge is 2.17. The van der Waals surface area contributed by atoms with Crippen LogP contribution in [0.2, 0.25) is 10.0 Å². The normalized spacial score (nSPS) is 11.1. The van der Waals surface area contributed by atoms with Crippen molar-refractivity contribution in [2.75, 3.05) is 14.2 Å². The summed E-state index contributed by atoms with van der Waals surface area (Å²) < 4.78 is 32.6. The Morgan fingerprint density at radius 3 is 1.90 bits per heavy atom. The molecule has 12 nitrogen and oxygen atoms in total. The number of hydrogen-bond donors (Lipinski definition) is 0. The van der Waals surface area contributed by atoms with Crippen LogP contribution in [0.15, 0.2) is 107 Å². The average molecular weight is 698 g/mol. The van der Waals surface area contributed by atoms with Crippen LogP contribution >= 0.6 is 23.2 Å². The third-order valence-electron chi connectivity index (χ3n) is 7.48. The van der Waals surface area contributed by atoms with E-state index in [0.29, 0.717) is 78.1 Å². The topological polar surface area (TPSA) is 129 Å². The molecule has 0 saturated carbocycles. The maximum atomic E-state index is 13.3. The Morgan fingerprint density at radius 2 is 1.31 bits per heavy atom. The Balaban J connectivity index is 1.20. The van der Waals surface area contributed by atoms with Crippen LogP contribution in [-0.2, 0) is 13.2 Å². The van der Waals surface area contributed by atoms with E-state index in [0.717, 1.165) is 0 Å². The highest BCUT2D eigenvalue weighted by atomic mass is 35.5. The number of rotatable bonds is 11. The maximum Gasteiger partial charge on any atom is 0.197 e. The summed E-state index contributed by atoms with van der Waals surface area (Å²) in [6.07, 6.45) is 3.46. The van der Waals surface area contributed by atoms with E-state index in [1.54, 1.807) is 64.2 Å². The minimum absolute atomic E-state index is 0.0447. The van der Waals surface area contributed by atoms with Gasteiger partial charge in [-0.15, -0.1) is 10.2 Å².